The third kappa shape index (κ3) is 4.33. The number of nitrogens with zero attached hydrogens (tertiary/aromatic N) is 1. The number of carbonyl (C=O) groups excluding carboxylic acids is 2. The van der Waals surface area contributed by atoms with Crippen molar-refractivity contribution in [1.29, 1.82) is 0 Å². The van der Waals surface area contributed by atoms with E-state index in [1.54, 1.807) is 4.90 Å². The number of hydrogen-bond acceptors (Lipinski definition) is 5. The zero-order valence-electron chi connectivity index (χ0n) is 13.8. The molecule has 0 saturated carbocycles. The Bertz CT molecular complexity index is 711. The zero-order valence-corrected chi connectivity index (χ0v) is 14.6. The van der Waals surface area contributed by atoms with Crippen molar-refractivity contribution in [1.82, 2.24) is 9.62 Å². The SMILES string of the molecule is CNS(=O)(=O)c1cccc(C(=O)O[C@@H](C)C(=O)N2CCCCC2)c1. The summed E-state index contributed by atoms with van der Waals surface area (Å²) in [5.74, 6) is -0.942. The molecule has 1 atom stereocenters. The van der Waals surface area contributed by atoms with E-state index in [0.29, 0.717) is 13.1 Å². The van der Waals surface area contributed by atoms with Gasteiger partial charge in [0, 0.05) is 13.1 Å². The van der Waals surface area contributed by atoms with Gasteiger partial charge in [-0.25, -0.2) is 17.9 Å². The normalized spacial score (nSPS) is 16.5. The van der Waals surface area contributed by atoms with Crippen LogP contribution in [0.4, 0.5) is 0 Å². The monoisotopic (exact) mass is 354 g/mol. The minimum absolute atomic E-state index is 0.0329. The largest absolute Gasteiger partial charge is 0.449 e. The molecule has 8 heteroatoms. The molecule has 24 heavy (non-hydrogen) atoms. The lowest BCUT2D eigenvalue weighted by molar-refractivity contribution is -0.140. The number of amides is 1. The smallest absolute Gasteiger partial charge is 0.338 e. The highest BCUT2D eigenvalue weighted by atomic mass is 32.2. The molecule has 1 aromatic carbocycles. The van der Waals surface area contributed by atoms with Gasteiger partial charge in [0.25, 0.3) is 5.91 Å². The van der Waals surface area contributed by atoms with Gasteiger partial charge in [0.05, 0.1) is 10.5 Å². The number of ether oxygens (including phenoxy) is 1. The zero-order chi connectivity index (χ0) is 17.7. The lowest BCUT2D eigenvalue weighted by atomic mass is 10.1. The van der Waals surface area contributed by atoms with Crippen LogP contribution in [0.3, 0.4) is 0 Å². The van der Waals surface area contributed by atoms with Crippen molar-refractivity contribution in [2.45, 2.75) is 37.2 Å². The first kappa shape index (κ1) is 18.4. The summed E-state index contributed by atoms with van der Waals surface area (Å²) < 4.78 is 31.0. The minimum Gasteiger partial charge on any atom is -0.449 e. The van der Waals surface area contributed by atoms with E-state index >= 15 is 0 Å². The van der Waals surface area contributed by atoms with Crippen molar-refractivity contribution in [3.8, 4) is 0 Å². The first-order valence-electron chi connectivity index (χ1n) is 7.88. The molecule has 1 amide bonds. The van der Waals surface area contributed by atoms with E-state index in [1.165, 1.54) is 38.2 Å². The van der Waals surface area contributed by atoms with Gasteiger partial charge in [-0.1, -0.05) is 6.07 Å². The van der Waals surface area contributed by atoms with E-state index in [1.807, 2.05) is 0 Å². The Morgan fingerprint density at radius 1 is 1.21 bits per heavy atom. The lowest BCUT2D eigenvalue weighted by Crippen LogP contribution is -2.42. The maximum absolute atomic E-state index is 12.3. The van der Waals surface area contributed by atoms with Crippen LogP contribution >= 0.6 is 0 Å². The third-order valence-corrected chi connectivity index (χ3v) is 5.36. The average Bonchev–Trinajstić information content (AvgIpc) is 2.61. The molecular formula is C16H22N2O5S. The molecule has 0 aliphatic carbocycles. The van der Waals surface area contributed by atoms with Gasteiger partial charge in [-0.15, -0.1) is 0 Å². The summed E-state index contributed by atoms with van der Waals surface area (Å²) in [6.45, 7) is 2.89. The van der Waals surface area contributed by atoms with Crippen LogP contribution in [-0.2, 0) is 19.6 Å². The summed E-state index contributed by atoms with van der Waals surface area (Å²) in [5, 5.41) is 0. The van der Waals surface area contributed by atoms with Crippen LogP contribution < -0.4 is 4.72 Å². The fourth-order valence-electron chi connectivity index (χ4n) is 2.56. The molecule has 132 valence electrons. The Morgan fingerprint density at radius 2 is 1.88 bits per heavy atom. The molecule has 0 unspecified atom stereocenters. The minimum atomic E-state index is -3.65. The van der Waals surface area contributed by atoms with Crippen molar-refractivity contribution in [3.05, 3.63) is 29.8 Å². The van der Waals surface area contributed by atoms with Crippen LogP contribution in [-0.4, -0.2) is 51.4 Å². The highest BCUT2D eigenvalue weighted by Gasteiger charge is 2.25. The number of rotatable bonds is 5. The van der Waals surface area contributed by atoms with Gasteiger partial charge in [0.15, 0.2) is 6.10 Å². The molecule has 1 aromatic rings. The number of likely N-dealkylation sites (tertiary alicyclic amines) is 1. The Kier molecular flexibility index (Phi) is 5.95. The van der Waals surface area contributed by atoms with E-state index in [9.17, 15) is 18.0 Å². The first-order chi connectivity index (χ1) is 11.3. The summed E-state index contributed by atoms with van der Waals surface area (Å²) in [6.07, 6.45) is 2.11. The summed E-state index contributed by atoms with van der Waals surface area (Å²) >= 11 is 0. The fourth-order valence-corrected chi connectivity index (χ4v) is 3.33. The molecule has 1 aliphatic heterocycles. The van der Waals surface area contributed by atoms with E-state index in [0.717, 1.165) is 19.3 Å². The number of piperidine rings is 1. The number of hydrogen-bond donors (Lipinski definition) is 1. The molecule has 0 bridgehead atoms. The number of esters is 1. The first-order valence-corrected chi connectivity index (χ1v) is 9.37. The van der Waals surface area contributed by atoms with E-state index in [-0.39, 0.29) is 16.4 Å². The molecular weight excluding hydrogens is 332 g/mol. The van der Waals surface area contributed by atoms with Crippen LogP contribution in [0.1, 0.15) is 36.5 Å². The summed E-state index contributed by atoms with van der Waals surface area (Å²) in [6, 6.07) is 5.52. The van der Waals surface area contributed by atoms with E-state index in [2.05, 4.69) is 4.72 Å². The molecule has 1 aliphatic rings. The molecule has 1 saturated heterocycles. The Labute approximate surface area is 142 Å². The standard InChI is InChI=1S/C16H22N2O5S/c1-12(15(19)18-9-4-3-5-10-18)23-16(20)13-7-6-8-14(11-13)24(21,22)17-2/h6-8,11-12,17H,3-5,9-10H2,1-2H3/t12-/m0/s1. The quantitative estimate of drug-likeness (QED) is 0.801. The maximum Gasteiger partial charge on any atom is 0.338 e. The van der Waals surface area contributed by atoms with Crippen molar-refractivity contribution < 1.29 is 22.7 Å². The van der Waals surface area contributed by atoms with Crippen LogP contribution in [0.25, 0.3) is 0 Å². The summed E-state index contributed by atoms with van der Waals surface area (Å²) in [5.41, 5.74) is 0.0876. The Hall–Kier alpha value is -1.93. The fraction of sp³-hybridized carbons (Fsp3) is 0.500. The highest BCUT2D eigenvalue weighted by Crippen LogP contribution is 2.15. The summed E-state index contributed by atoms with van der Waals surface area (Å²) in [7, 11) is -2.36. The molecule has 1 fully saturated rings. The molecule has 0 aromatic heterocycles. The van der Waals surface area contributed by atoms with Crippen LogP contribution in [0.15, 0.2) is 29.2 Å². The van der Waals surface area contributed by atoms with Gasteiger partial charge in [-0.2, -0.15) is 0 Å². The predicted octanol–water partition coefficient (Wildman–Crippen LogP) is 1.15. The van der Waals surface area contributed by atoms with Crippen molar-refractivity contribution >= 4 is 21.9 Å². The number of benzene rings is 1. The van der Waals surface area contributed by atoms with Gasteiger partial charge < -0.3 is 9.64 Å². The van der Waals surface area contributed by atoms with Crippen molar-refractivity contribution in [2.75, 3.05) is 20.1 Å². The van der Waals surface area contributed by atoms with Crippen LogP contribution in [0, 0.1) is 0 Å². The predicted molar refractivity (Wildman–Crippen MR) is 88.0 cm³/mol. The van der Waals surface area contributed by atoms with Gasteiger partial charge in [0.1, 0.15) is 0 Å². The topological polar surface area (TPSA) is 92.8 Å². The Morgan fingerprint density at radius 3 is 2.50 bits per heavy atom. The van der Waals surface area contributed by atoms with Gasteiger partial charge in [0.2, 0.25) is 10.0 Å². The van der Waals surface area contributed by atoms with Crippen molar-refractivity contribution in [3.63, 3.8) is 0 Å². The molecule has 1 N–H and O–H groups in total. The molecule has 2 rings (SSSR count). The molecule has 0 radical (unpaired) electrons. The van der Waals surface area contributed by atoms with E-state index < -0.39 is 22.1 Å². The second kappa shape index (κ2) is 7.76. The van der Waals surface area contributed by atoms with Gasteiger partial charge in [-0.3, -0.25) is 4.79 Å². The van der Waals surface area contributed by atoms with Gasteiger partial charge >= 0.3 is 5.97 Å². The van der Waals surface area contributed by atoms with E-state index in [4.69, 9.17) is 4.74 Å². The number of sulfonamides is 1. The molecule has 7 nitrogen and oxygen atoms in total. The van der Waals surface area contributed by atoms with Crippen LogP contribution in [0.5, 0.6) is 0 Å². The molecule has 0 spiro atoms. The average molecular weight is 354 g/mol. The second-order valence-electron chi connectivity index (χ2n) is 5.67. The van der Waals surface area contributed by atoms with Crippen LogP contribution in [0.2, 0.25) is 0 Å². The van der Waals surface area contributed by atoms with Gasteiger partial charge in [-0.05, 0) is 51.4 Å². The van der Waals surface area contributed by atoms with Crippen molar-refractivity contribution in [2.24, 2.45) is 0 Å². The third-order valence-electron chi connectivity index (χ3n) is 3.95. The summed E-state index contributed by atoms with van der Waals surface area (Å²) in [4.78, 5) is 26.1. The highest BCUT2D eigenvalue weighted by molar-refractivity contribution is 7.89. The number of nitrogens with one attached hydrogen (secondary N) is 1. The molecule has 1 heterocycles. The Balaban J connectivity index is 2.06. The second-order valence-corrected chi connectivity index (χ2v) is 7.56. The lowest BCUT2D eigenvalue weighted by Gasteiger charge is -2.28. The number of carbonyl (C=O) groups is 2. The maximum atomic E-state index is 12.3.